The van der Waals surface area contributed by atoms with Crippen LogP contribution in [0.4, 0.5) is 5.69 Å². The van der Waals surface area contributed by atoms with E-state index in [9.17, 15) is 0 Å². The number of aliphatic hydroxyl groups excluding tert-OH is 1. The maximum absolute atomic E-state index is 8.90. The molecule has 0 radical (unpaired) electrons. The summed E-state index contributed by atoms with van der Waals surface area (Å²) in [6.07, 6.45) is 0. The van der Waals surface area contributed by atoms with Crippen molar-refractivity contribution in [1.82, 2.24) is 9.55 Å². The first-order valence-electron chi connectivity index (χ1n) is 5.38. The van der Waals surface area contributed by atoms with E-state index in [0.29, 0.717) is 6.54 Å². The van der Waals surface area contributed by atoms with E-state index in [2.05, 4.69) is 27.8 Å². The van der Waals surface area contributed by atoms with Crippen molar-refractivity contribution < 1.29 is 5.11 Å². The van der Waals surface area contributed by atoms with Crippen LogP contribution in [-0.2, 0) is 7.05 Å². The Morgan fingerprint density at radius 1 is 1.44 bits per heavy atom. The van der Waals surface area contributed by atoms with Crippen LogP contribution >= 0.6 is 0 Å². The minimum Gasteiger partial charge on any atom is -0.395 e. The molecule has 1 aromatic heterocycles. The highest BCUT2D eigenvalue weighted by molar-refractivity contribution is 5.80. The molecule has 0 unspecified atom stereocenters. The normalized spacial score (nSPS) is 11.0. The molecule has 0 atom stereocenters. The van der Waals surface area contributed by atoms with E-state index in [1.54, 1.807) is 0 Å². The topological polar surface area (TPSA) is 41.3 Å². The molecule has 0 fully saturated rings. The molecule has 0 amide bonds. The molecule has 86 valence electrons. The van der Waals surface area contributed by atoms with Gasteiger partial charge in [0.25, 0.3) is 0 Å². The van der Waals surface area contributed by atoms with Gasteiger partial charge in [-0.05, 0) is 25.1 Å². The Bertz CT molecular complexity index is 504. The van der Waals surface area contributed by atoms with Crippen LogP contribution in [-0.4, -0.2) is 34.9 Å². The zero-order chi connectivity index (χ0) is 11.7. The fourth-order valence-electron chi connectivity index (χ4n) is 1.83. The minimum atomic E-state index is 0.162. The first kappa shape index (κ1) is 11.0. The van der Waals surface area contributed by atoms with Crippen molar-refractivity contribution in [2.75, 3.05) is 25.1 Å². The van der Waals surface area contributed by atoms with Crippen LogP contribution in [0.25, 0.3) is 11.0 Å². The second-order valence-electron chi connectivity index (χ2n) is 4.04. The summed E-state index contributed by atoms with van der Waals surface area (Å²) >= 11 is 0. The van der Waals surface area contributed by atoms with Crippen molar-refractivity contribution in [3.05, 3.63) is 24.0 Å². The molecule has 0 saturated heterocycles. The lowest BCUT2D eigenvalue weighted by molar-refractivity contribution is 0.304. The summed E-state index contributed by atoms with van der Waals surface area (Å²) < 4.78 is 2.07. The maximum atomic E-state index is 8.90. The lowest BCUT2D eigenvalue weighted by atomic mass is 10.2. The number of hydrogen-bond acceptors (Lipinski definition) is 3. The second kappa shape index (κ2) is 4.14. The molecule has 1 N–H and O–H groups in total. The van der Waals surface area contributed by atoms with E-state index in [1.807, 2.05) is 25.9 Å². The van der Waals surface area contributed by atoms with Gasteiger partial charge in [-0.15, -0.1) is 0 Å². The number of fused-ring (bicyclic) bond motifs is 1. The summed E-state index contributed by atoms with van der Waals surface area (Å²) in [6.45, 7) is 2.80. The molecule has 1 aromatic carbocycles. The first-order chi connectivity index (χ1) is 7.63. The molecular formula is C12H17N3O. The Hall–Kier alpha value is -1.55. The fraction of sp³-hybridized carbons (Fsp3) is 0.417. The van der Waals surface area contributed by atoms with Gasteiger partial charge < -0.3 is 14.6 Å². The highest BCUT2D eigenvalue weighted by Crippen LogP contribution is 2.21. The summed E-state index contributed by atoms with van der Waals surface area (Å²) in [7, 11) is 3.98. The summed E-state index contributed by atoms with van der Waals surface area (Å²) in [4.78, 5) is 6.51. The van der Waals surface area contributed by atoms with Gasteiger partial charge in [-0.25, -0.2) is 4.98 Å². The highest BCUT2D eigenvalue weighted by Gasteiger charge is 2.06. The zero-order valence-electron chi connectivity index (χ0n) is 9.94. The minimum absolute atomic E-state index is 0.162. The number of nitrogens with zero attached hydrogens (tertiary/aromatic N) is 3. The smallest absolute Gasteiger partial charge is 0.106 e. The Balaban J connectivity index is 2.44. The molecule has 0 aliphatic carbocycles. The van der Waals surface area contributed by atoms with Crippen molar-refractivity contribution in [2.45, 2.75) is 6.92 Å². The SMILES string of the molecule is Cc1nc2cc(N(C)CCO)ccc2n1C. The van der Waals surface area contributed by atoms with Gasteiger partial charge in [-0.1, -0.05) is 0 Å². The van der Waals surface area contributed by atoms with E-state index < -0.39 is 0 Å². The van der Waals surface area contributed by atoms with Crippen LogP contribution in [0.1, 0.15) is 5.82 Å². The molecule has 0 saturated carbocycles. The summed E-state index contributed by atoms with van der Waals surface area (Å²) in [6, 6.07) is 6.18. The number of hydrogen-bond donors (Lipinski definition) is 1. The van der Waals surface area contributed by atoms with Crippen LogP contribution in [0.15, 0.2) is 18.2 Å². The van der Waals surface area contributed by atoms with Gasteiger partial charge in [-0.2, -0.15) is 0 Å². The fourth-order valence-corrected chi connectivity index (χ4v) is 1.83. The van der Waals surface area contributed by atoms with Crippen LogP contribution < -0.4 is 4.90 Å². The van der Waals surface area contributed by atoms with E-state index in [1.165, 1.54) is 0 Å². The van der Waals surface area contributed by atoms with E-state index in [0.717, 1.165) is 22.5 Å². The Kier molecular flexibility index (Phi) is 2.83. The summed E-state index contributed by atoms with van der Waals surface area (Å²) in [5.41, 5.74) is 3.22. The molecular weight excluding hydrogens is 202 g/mol. The number of aliphatic hydroxyl groups is 1. The van der Waals surface area contributed by atoms with Crippen molar-refractivity contribution in [3.8, 4) is 0 Å². The highest BCUT2D eigenvalue weighted by atomic mass is 16.3. The Morgan fingerprint density at radius 3 is 2.88 bits per heavy atom. The predicted octanol–water partition coefficient (Wildman–Crippen LogP) is 1.31. The Labute approximate surface area is 95.1 Å². The molecule has 0 aliphatic rings. The van der Waals surface area contributed by atoms with Crippen molar-refractivity contribution >= 4 is 16.7 Å². The van der Waals surface area contributed by atoms with Gasteiger partial charge in [-0.3, -0.25) is 0 Å². The molecule has 16 heavy (non-hydrogen) atoms. The van der Waals surface area contributed by atoms with E-state index >= 15 is 0 Å². The van der Waals surface area contributed by atoms with Crippen molar-refractivity contribution in [1.29, 1.82) is 0 Å². The van der Waals surface area contributed by atoms with Crippen LogP contribution in [0, 0.1) is 6.92 Å². The predicted molar refractivity (Wildman–Crippen MR) is 65.8 cm³/mol. The van der Waals surface area contributed by atoms with Gasteiger partial charge in [0.2, 0.25) is 0 Å². The number of anilines is 1. The molecule has 1 heterocycles. The summed E-state index contributed by atoms with van der Waals surface area (Å²) in [5.74, 6) is 1.01. The number of rotatable bonds is 3. The standard InChI is InChI=1S/C12H17N3O/c1-9-13-11-8-10(14(2)6-7-16)4-5-12(11)15(9)3/h4-5,8,16H,6-7H2,1-3H3. The van der Waals surface area contributed by atoms with Gasteiger partial charge in [0.1, 0.15) is 5.82 Å². The molecule has 0 aliphatic heterocycles. The zero-order valence-corrected chi connectivity index (χ0v) is 9.94. The molecule has 2 aromatic rings. The van der Waals surface area contributed by atoms with Gasteiger partial charge in [0.15, 0.2) is 0 Å². The average Bonchev–Trinajstić information content (AvgIpc) is 2.55. The molecule has 0 bridgehead atoms. The average molecular weight is 219 g/mol. The lowest BCUT2D eigenvalue weighted by Gasteiger charge is -2.17. The third-order valence-electron chi connectivity index (χ3n) is 2.96. The number of imidazole rings is 1. The van der Waals surface area contributed by atoms with Gasteiger partial charge >= 0.3 is 0 Å². The Morgan fingerprint density at radius 2 is 2.19 bits per heavy atom. The third-order valence-corrected chi connectivity index (χ3v) is 2.96. The third kappa shape index (κ3) is 1.76. The van der Waals surface area contributed by atoms with Crippen molar-refractivity contribution in [2.24, 2.45) is 7.05 Å². The van der Waals surface area contributed by atoms with E-state index in [4.69, 9.17) is 5.11 Å². The van der Waals surface area contributed by atoms with Gasteiger partial charge in [0.05, 0.1) is 17.6 Å². The molecule has 4 heteroatoms. The number of likely N-dealkylation sites (N-methyl/N-ethyl adjacent to an activating group) is 1. The van der Waals surface area contributed by atoms with Gasteiger partial charge in [0, 0.05) is 26.3 Å². The molecule has 0 spiro atoms. The van der Waals surface area contributed by atoms with E-state index in [-0.39, 0.29) is 6.61 Å². The number of aromatic nitrogens is 2. The largest absolute Gasteiger partial charge is 0.395 e. The maximum Gasteiger partial charge on any atom is 0.106 e. The monoisotopic (exact) mass is 219 g/mol. The number of benzene rings is 1. The van der Waals surface area contributed by atoms with Crippen LogP contribution in [0.3, 0.4) is 0 Å². The number of aryl methyl sites for hydroxylation is 2. The second-order valence-corrected chi connectivity index (χ2v) is 4.04. The molecule has 2 rings (SSSR count). The summed E-state index contributed by atoms with van der Waals surface area (Å²) in [5, 5.41) is 8.90. The van der Waals surface area contributed by atoms with Crippen molar-refractivity contribution in [3.63, 3.8) is 0 Å². The van der Waals surface area contributed by atoms with Crippen LogP contribution in [0.5, 0.6) is 0 Å². The first-order valence-corrected chi connectivity index (χ1v) is 5.38. The lowest BCUT2D eigenvalue weighted by Crippen LogP contribution is -2.20. The molecule has 4 nitrogen and oxygen atoms in total. The van der Waals surface area contributed by atoms with Crippen LogP contribution in [0.2, 0.25) is 0 Å². The quantitative estimate of drug-likeness (QED) is 0.846.